The number of carbonyl (C=O) groups excluding carboxylic acids is 1. The lowest BCUT2D eigenvalue weighted by atomic mass is 10.3. The van der Waals surface area contributed by atoms with Gasteiger partial charge in [0.1, 0.15) is 19.5 Å². The number of amides is 1. The summed E-state index contributed by atoms with van der Waals surface area (Å²) in [6.45, 7) is 2.76. The minimum Gasteiger partial charge on any atom is -0.494 e. The van der Waals surface area contributed by atoms with Crippen LogP contribution in [0.25, 0.3) is 0 Å². The molecule has 0 radical (unpaired) electrons. The summed E-state index contributed by atoms with van der Waals surface area (Å²) in [6, 6.07) is 0. The fraction of sp³-hybridized carbons (Fsp3) is 0.667. The molecule has 0 aliphatic carbocycles. The number of hydrogen-bond acceptors (Lipinski definition) is 4. The average Bonchev–Trinajstić information content (AvgIpc) is 2.17. The summed E-state index contributed by atoms with van der Waals surface area (Å²) in [5.41, 5.74) is 0. The first-order chi connectivity index (χ1) is 6.61. The lowest BCUT2D eigenvalue weighted by molar-refractivity contribution is -0.132. The summed E-state index contributed by atoms with van der Waals surface area (Å²) in [6.07, 6.45) is 0.763. The van der Waals surface area contributed by atoms with Crippen LogP contribution in [0.4, 0.5) is 0 Å². The lowest BCUT2D eigenvalue weighted by Gasteiger charge is -2.22. The Labute approximate surface area is 82.9 Å². The molecule has 1 rings (SSSR count). The summed E-state index contributed by atoms with van der Waals surface area (Å²) in [5.74, 6) is -0.0787. The van der Waals surface area contributed by atoms with Gasteiger partial charge in [-0.15, -0.1) is 0 Å². The van der Waals surface area contributed by atoms with E-state index in [4.69, 9.17) is 14.6 Å². The third-order valence-electron chi connectivity index (χ3n) is 1.74. The molecule has 0 aromatic heterocycles. The second-order valence-corrected chi connectivity index (χ2v) is 3.24. The molecule has 0 aromatic carbocycles. The van der Waals surface area contributed by atoms with Crippen LogP contribution >= 0.6 is 0 Å². The number of aliphatic hydroxyl groups is 1. The number of hydrogen-bond donors (Lipinski definition) is 1. The molecule has 5 nitrogen and oxygen atoms in total. The number of rotatable bonds is 3. The highest BCUT2D eigenvalue weighted by molar-refractivity contribution is 5.91. The van der Waals surface area contributed by atoms with Crippen molar-refractivity contribution in [3.8, 4) is 0 Å². The molecule has 0 saturated carbocycles. The van der Waals surface area contributed by atoms with Crippen LogP contribution in [0.15, 0.2) is 12.0 Å². The fourth-order valence-electron chi connectivity index (χ4n) is 1.15. The van der Waals surface area contributed by atoms with Crippen LogP contribution in [0, 0.1) is 0 Å². The molecule has 1 aliphatic heterocycles. The van der Waals surface area contributed by atoms with Crippen molar-refractivity contribution in [2.45, 2.75) is 13.0 Å². The van der Waals surface area contributed by atoms with Gasteiger partial charge >= 0.3 is 0 Å². The van der Waals surface area contributed by atoms with Gasteiger partial charge in [-0.2, -0.15) is 0 Å². The largest absolute Gasteiger partial charge is 0.494 e. The van der Waals surface area contributed by atoms with Crippen molar-refractivity contribution in [1.82, 2.24) is 4.90 Å². The molecule has 1 heterocycles. The van der Waals surface area contributed by atoms with Crippen molar-refractivity contribution in [3.05, 3.63) is 12.0 Å². The van der Waals surface area contributed by atoms with E-state index in [9.17, 15) is 4.79 Å². The first-order valence-electron chi connectivity index (χ1n) is 4.49. The summed E-state index contributed by atoms with van der Waals surface area (Å²) in [5, 5.41) is 9.08. The van der Waals surface area contributed by atoms with Crippen molar-refractivity contribution in [2.75, 3.05) is 26.8 Å². The molecule has 14 heavy (non-hydrogen) atoms. The van der Waals surface area contributed by atoms with Crippen molar-refractivity contribution in [1.29, 1.82) is 0 Å². The summed E-state index contributed by atoms with van der Waals surface area (Å²) < 4.78 is 10.1. The van der Waals surface area contributed by atoms with Gasteiger partial charge < -0.3 is 19.5 Å². The van der Waals surface area contributed by atoms with Crippen LogP contribution < -0.4 is 0 Å². The highest BCUT2D eigenvalue weighted by Gasteiger charge is 2.19. The van der Waals surface area contributed by atoms with Crippen molar-refractivity contribution < 1.29 is 19.4 Å². The van der Waals surface area contributed by atoms with E-state index in [2.05, 4.69) is 0 Å². The molecule has 80 valence electrons. The molecule has 0 aromatic rings. The molecule has 0 spiro atoms. The third-order valence-corrected chi connectivity index (χ3v) is 1.74. The van der Waals surface area contributed by atoms with E-state index in [1.54, 1.807) is 14.0 Å². The molecule has 1 unspecified atom stereocenters. The quantitative estimate of drug-likeness (QED) is 0.682. The first kappa shape index (κ1) is 10.8. The van der Waals surface area contributed by atoms with Crippen LogP contribution in [0.3, 0.4) is 0 Å². The predicted molar refractivity (Wildman–Crippen MR) is 49.3 cm³/mol. The molecule has 5 heteroatoms. The van der Waals surface area contributed by atoms with E-state index in [0.717, 1.165) is 0 Å². The van der Waals surface area contributed by atoms with Crippen LogP contribution in [-0.4, -0.2) is 48.8 Å². The van der Waals surface area contributed by atoms with Gasteiger partial charge in [0.05, 0.1) is 6.10 Å². The van der Waals surface area contributed by atoms with Crippen molar-refractivity contribution >= 4 is 5.91 Å². The Morgan fingerprint density at radius 3 is 2.93 bits per heavy atom. The highest BCUT2D eigenvalue weighted by Crippen LogP contribution is 2.07. The smallest absolute Gasteiger partial charge is 0.292 e. The molecule has 1 aliphatic rings. The van der Waals surface area contributed by atoms with E-state index in [1.807, 2.05) is 0 Å². The van der Waals surface area contributed by atoms with E-state index in [-0.39, 0.29) is 18.2 Å². The topological polar surface area (TPSA) is 59.0 Å². The van der Waals surface area contributed by atoms with E-state index < -0.39 is 6.10 Å². The van der Waals surface area contributed by atoms with Gasteiger partial charge in [-0.1, -0.05) is 0 Å². The Morgan fingerprint density at radius 1 is 1.71 bits per heavy atom. The number of aliphatic hydroxyl groups excluding tert-OH is 1. The predicted octanol–water partition coefficient (Wildman–Crippen LogP) is -0.286. The molecular weight excluding hydrogens is 186 g/mol. The van der Waals surface area contributed by atoms with Gasteiger partial charge in [0.15, 0.2) is 0 Å². The second kappa shape index (κ2) is 4.85. The third kappa shape index (κ3) is 2.92. The normalized spacial score (nSPS) is 17.5. The molecule has 0 bridgehead atoms. The number of ether oxygens (including phenoxy) is 2. The summed E-state index contributed by atoms with van der Waals surface area (Å²) in [7, 11) is 1.61. The minimum absolute atomic E-state index is 0.194. The molecular formula is C9H15NO4. The Balaban J connectivity index is 2.50. The van der Waals surface area contributed by atoms with Crippen molar-refractivity contribution in [3.63, 3.8) is 0 Å². The molecule has 1 atom stereocenters. The Hall–Kier alpha value is -1.23. The zero-order chi connectivity index (χ0) is 10.6. The molecule has 0 saturated heterocycles. The lowest BCUT2D eigenvalue weighted by Crippen LogP contribution is -2.35. The second-order valence-electron chi connectivity index (χ2n) is 3.24. The van der Waals surface area contributed by atoms with Gasteiger partial charge in [0, 0.05) is 13.6 Å². The number of likely N-dealkylation sites (N-methyl/N-ethyl adjacent to an activating group) is 1. The van der Waals surface area contributed by atoms with Gasteiger partial charge in [-0.25, -0.2) is 0 Å². The number of nitrogens with zero attached hydrogens (tertiary/aromatic N) is 1. The zero-order valence-corrected chi connectivity index (χ0v) is 8.40. The van der Waals surface area contributed by atoms with Crippen LogP contribution in [0.1, 0.15) is 6.92 Å². The molecule has 0 fully saturated rings. The van der Waals surface area contributed by atoms with Crippen LogP contribution in [0.2, 0.25) is 0 Å². The van der Waals surface area contributed by atoms with Gasteiger partial charge in [0.2, 0.25) is 5.76 Å². The van der Waals surface area contributed by atoms with Crippen LogP contribution in [0.5, 0.6) is 0 Å². The maximum absolute atomic E-state index is 11.6. The average molecular weight is 201 g/mol. The maximum Gasteiger partial charge on any atom is 0.292 e. The monoisotopic (exact) mass is 201 g/mol. The molecule has 1 amide bonds. The highest BCUT2D eigenvalue weighted by atomic mass is 16.6. The van der Waals surface area contributed by atoms with Crippen LogP contribution in [-0.2, 0) is 14.3 Å². The summed E-state index contributed by atoms with van der Waals surface area (Å²) in [4.78, 5) is 13.0. The van der Waals surface area contributed by atoms with Gasteiger partial charge in [0.25, 0.3) is 5.91 Å². The standard InChI is InChI=1S/C9H15NO4/c1-7(11)5-10(2)9(12)8-6-13-3-4-14-8/h6-7,11H,3-5H2,1-2H3. The van der Waals surface area contributed by atoms with E-state index in [1.165, 1.54) is 11.2 Å². The SMILES string of the molecule is CC(O)CN(C)C(=O)C1=COCCO1. The molecule has 1 N–H and O–H groups in total. The van der Waals surface area contributed by atoms with E-state index in [0.29, 0.717) is 13.2 Å². The minimum atomic E-state index is -0.547. The summed E-state index contributed by atoms with van der Waals surface area (Å²) >= 11 is 0. The Kier molecular flexibility index (Phi) is 3.76. The Morgan fingerprint density at radius 2 is 2.43 bits per heavy atom. The van der Waals surface area contributed by atoms with Gasteiger partial charge in [-0.3, -0.25) is 4.79 Å². The zero-order valence-electron chi connectivity index (χ0n) is 8.40. The fourth-order valence-corrected chi connectivity index (χ4v) is 1.15. The van der Waals surface area contributed by atoms with Gasteiger partial charge in [-0.05, 0) is 6.92 Å². The maximum atomic E-state index is 11.6. The number of carbonyl (C=O) groups is 1. The Bertz CT molecular complexity index is 237. The van der Waals surface area contributed by atoms with E-state index >= 15 is 0 Å². The van der Waals surface area contributed by atoms with Crippen molar-refractivity contribution in [2.24, 2.45) is 0 Å². The first-order valence-corrected chi connectivity index (χ1v) is 4.49.